The first kappa shape index (κ1) is 8.10. The predicted molar refractivity (Wildman–Crippen MR) is 31.8 cm³/mol. The van der Waals surface area contributed by atoms with Gasteiger partial charge in [0.15, 0.2) is 6.10 Å². The smallest absolute Gasteiger partial charge is 0.338 e. The highest BCUT2D eigenvalue weighted by molar-refractivity contribution is 5.90. The van der Waals surface area contributed by atoms with E-state index < -0.39 is 12.1 Å². The fourth-order valence-electron chi connectivity index (χ4n) is 0.370. The van der Waals surface area contributed by atoms with E-state index in [2.05, 4.69) is 4.74 Å². The molecule has 0 rings (SSSR count). The van der Waals surface area contributed by atoms with E-state index in [-0.39, 0.29) is 0 Å². The molecule has 1 unspecified atom stereocenters. The Bertz CT molecular complexity index is 113. The van der Waals surface area contributed by atoms with Crippen LogP contribution in [0.5, 0.6) is 0 Å². The third-order valence-electron chi connectivity index (χ3n) is 0.741. The van der Waals surface area contributed by atoms with E-state index in [1.807, 2.05) is 0 Å². The van der Waals surface area contributed by atoms with E-state index in [1.54, 1.807) is 6.92 Å². The van der Waals surface area contributed by atoms with Gasteiger partial charge in [0, 0.05) is 12.8 Å². The van der Waals surface area contributed by atoms with Crippen molar-refractivity contribution in [3.8, 4) is 0 Å². The van der Waals surface area contributed by atoms with Gasteiger partial charge in [-0.05, 0) is 6.92 Å². The average Bonchev–Trinajstić information content (AvgIpc) is 1.82. The van der Waals surface area contributed by atoms with Gasteiger partial charge in [-0.15, -0.1) is 0 Å². The normalized spacial score (nSPS) is 12.6. The predicted octanol–water partition coefficient (Wildman–Crippen LogP) is 0.126. The highest BCUT2D eigenvalue weighted by Crippen LogP contribution is 1.86. The van der Waals surface area contributed by atoms with Crippen LogP contribution in [0.15, 0.2) is 0 Å². The van der Waals surface area contributed by atoms with E-state index in [1.165, 1.54) is 0 Å². The summed E-state index contributed by atoms with van der Waals surface area (Å²) < 4.78 is 4.61. The van der Waals surface area contributed by atoms with Gasteiger partial charge >= 0.3 is 5.97 Å². The summed E-state index contributed by atoms with van der Waals surface area (Å²) in [6.45, 7) is 1.99. The van der Waals surface area contributed by atoms with Crippen molar-refractivity contribution in [3.63, 3.8) is 0 Å². The highest BCUT2D eigenvalue weighted by atomic mass is 16.5. The molecule has 0 fully saturated rings. The molecule has 0 bridgehead atoms. The van der Waals surface area contributed by atoms with E-state index in [4.69, 9.17) is 10.5 Å². The molecule has 9 heavy (non-hydrogen) atoms. The van der Waals surface area contributed by atoms with Gasteiger partial charge in [0.25, 0.3) is 0 Å². The molecule has 0 saturated heterocycles. The Morgan fingerprint density at radius 1 is 2.00 bits per heavy atom. The second kappa shape index (κ2) is 4.03. The van der Waals surface area contributed by atoms with Gasteiger partial charge in [0.05, 0.1) is 0 Å². The zero-order valence-corrected chi connectivity index (χ0v) is 5.13. The van der Waals surface area contributed by atoms with Crippen LogP contribution in [0.4, 0.5) is 0 Å². The molecule has 0 aromatic heterocycles. The molecule has 0 aromatic rings. The van der Waals surface area contributed by atoms with Crippen molar-refractivity contribution in [2.24, 2.45) is 0 Å². The van der Waals surface area contributed by atoms with Crippen LogP contribution in [0.2, 0.25) is 0 Å². The number of carbonyl (C=O) groups is 1. The number of carboxylic acids is 1. The SMILES string of the molecule is CCOC(C=N)C(=O)O. The summed E-state index contributed by atoms with van der Waals surface area (Å²) in [6, 6.07) is 0. The van der Waals surface area contributed by atoms with E-state index in [0.717, 1.165) is 6.21 Å². The lowest BCUT2D eigenvalue weighted by Crippen LogP contribution is -2.24. The molecule has 0 radical (unpaired) electrons. The van der Waals surface area contributed by atoms with E-state index in [9.17, 15) is 4.79 Å². The van der Waals surface area contributed by atoms with Crippen LogP contribution >= 0.6 is 0 Å². The van der Waals surface area contributed by atoms with Crippen LogP contribution in [0.3, 0.4) is 0 Å². The number of hydrogen-bond donors (Lipinski definition) is 2. The zero-order chi connectivity index (χ0) is 7.28. The van der Waals surface area contributed by atoms with Gasteiger partial charge in [-0.2, -0.15) is 0 Å². The van der Waals surface area contributed by atoms with Crippen LogP contribution in [0.25, 0.3) is 0 Å². The van der Waals surface area contributed by atoms with Crippen LogP contribution in [0.1, 0.15) is 6.92 Å². The highest BCUT2D eigenvalue weighted by Gasteiger charge is 2.12. The van der Waals surface area contributed by atoms with Gasteiger partial charge in [-0.25, -0.2) is 4.79 Å². The van der Waals surface area contributed by atoms with Gasteiger partial charge in [0.1, 0.15) is 0 Å². The van der Waals surface area contributed by atoms with Crippen molar-refractivity contribution in [3.05, 3.63) is 0 Å². The third-order valence-corrected chi connectivity index (χ3v) is 0.741. The first-order valence-electron chi connectivity index (χ1n) is 2.57. The summed E-state index contributed by atoms with van der Waals surface area (Å²) in [4.78, 5) is 10.0. The molecule has 4 heteroatoms. The third kappa shape index (κ3) is 2.81. The van der Waals surface area contributed by atoms with Crippen LogP contribution in [-0.2, 0) is 9.53 Å². The summed E-state index contributed by atoms with van der Waals surface area (Å²) in [5, 5.41) is 14.8. The Morgan fingerprint density at radius 2 is 2.56 bits per heavy atom. The Labute approximate surface area is 53.0 Å². The number of ether oxygens (including phenoxy) is 1. The van der Waals surface area contributed by atoms with Gasteiger partial charge < -0.3 is 15.3 Å². The molecule has 0 saturated carbocycles. The van der Waals surface area contributed by atoms with Crippen LogP contribution < -0.4 is 0 Å². The minimum Gasteiger partial charge on any atom is -0.479 e. The lowest BCUT2D eigenvalue weighted by Gasteiger charge is -2.03. The molecule has 0 spiro atoms. The second-order valence-corrected chi connectivity index (χ2v) is 1.38. The second-order valence-electron chi connectivity index (χ2n) is 1.38. The maximum Gasteiger partial charge on any atom is 0.338 e. The molecule has 0 aliphatic heterocycles. The zero-order valence-electron chi connectivity index (χ0n) is 5.13. The topological polar surface area (TPSA) is 70.4 Å². The van der Waals surface area contributed by atoms with Crippen molar-refractivity contribution >= 4 is 12.2 Å². The van der Waals surface area contributed by atoms with Crippen molar-refractivity contribution in [2.45, 2.75) is 13.0 Å². The first-order chi connectivity index (χ1) is 4.22. The monoisotopic (exact) mass is 131 g/mol. The summed E-state index contributed by atoms with van der Waals surface area (Å²) >= 11 is 0. The number of nitrogens with one attached hydrogen (secondary N) is 1. The largest absolute Gasteiger partial charge is 0.479 e. The number of aliphatic carboxylic acids is 1. The van der Waals surface area contributed by atoms with Crippen molar-refractivity contribution < 1.29 is 14.6 Å². The minimum atomic E-state index is -1.12. The standard InChI is InChI=1S/C5H9NO3/c1-2-9-4(3-6)5(7)8/h3-4,6H,2H2,1H3,(H,7,8). The Kier molecular flexibility index (Phi) is 3.62. The molecule has 0 aliphatic rings. The molecule has 0 aliphatic carbocycles. The molecular formula is C5H9NO3. The van der Waals surface area contributed by atoms with Crippen LogP contribution in [-0.4, -0.2) is 30.0 Å². The number of hydrogen-bond acceptors (Lipinski definition) is 3. The van der Waals surface area contributed by atoms with Gasteiger partial charge in [0.2, 0.25) is 0 Å². The summed E-state index contributed by atoms with van der Waals surface area (Å²) in [5.74, 6) is -1.12. The summed E-state index contributed by atoms with van der Waals surface area (Å²) in [6.07, 6.45) is -0.318. The molecular weight excluding hydrogens is 122 g/mol. The fourth-order valence-corrected chi connectivity index (χ4v) is 0.370. The molecule has 52 valence electrons. The molecule has 0 aromatic carbocycles. The summed E-state index contributed by atoms with van der Waals surface area (Å²) in [5.41, 5.74) is 0. The Balaban J connectivity index is 3.68. The van der Waals surface area contributed by atoms with Gasteiger partial charge in [-0.3, -0.25) is 0 Å². The van der Waals surface area contributed by atoms with E-state index in [0.29, 0.717) is 6.61 Å². The number of rotatable bonds is 4. The summed E-state index contributed by atoms with van der Waals surface area (Å²) in [7, 11) is 0. The molecule has 1 atom stereocenters. The minimum absolute atomic E-state index is 0.312. The van der Waals surface area contributed by atoms with Crippen molar-refractivity contribution in [2.75, 3.05) is 6.61 Å². The average molecular weight is 131 g/mol. The number of carboxylic acid groups (broad SMARTS) is 1. The van der Waals surface area contributed by atoms with Crippen molar-refractivity contribution in [1.29, 1.82) is 5.41 Å². The Morgan fingerprint density at radius 3 is 2.67 bits per heavy atom. The maximum atomic E-state index is 10.0. The maximum absolute atomic E-state index is 10.0. The Hall–Kier alpha value is -0.900. The van der Waals surface area contributed by atoms with Gasteiger partial charge in [-0.1, -0.05) is 0 Å². The fraction of sp³-hybridized carbons (Fsp3) is 0.600. The quantitative estimate of drug-likeness (QED) is 0.532. The first-order valence-corrected chi connectivity index (χ1v) is 2.57. The van der Waals surface area contributed by atoms with Crippen molar-refractivity contribution in [1.82, 2.24) is 0 Å². The molecule has 2 N–H and O–H groups in total. The lowest BCUT2D eigenvalue weighted by molar-refractivity contribution is -0.145. The lowest BCUT2D eigenvalue weighted by atomic mass is 10.4. The molecule has 0 heterocycles. The van der Waals surface area contributed by atoms with E-state index >= 15 is 0 Å². The molecule has 0 amide bonds. The molecule has 4 nitrogen and oxygen atoms in total. The van der Waals surface area contributed by atoms with Crippen LogP contribution in [0, 0.1) is 5.41 Å².